The molecule has 1 aliphatic carbocycles. The Morgan fingerprint density at radius 2 is 1.97 bits per heavy atom. The number of nitrogens with one attached hydrogen (secondary N) is 2. The maximum atomic E-state index is 13.6. The molecule has 3 N–H and O–H groups in total. The molecule has 36 heavy (non-hydrogen) atoms. The second-order valence-electron chi connectivity index (χ2n) is 10.4. The van der Waals surface area contributed by atoms with E-state index in [1.54, 1.807) is 0 Å². The van der Waals surface area contributed by atoms with Gasteiger partial charge in [-0.05, 0) is 80.8 Å². The summed E-state index contributed by atoms with van der Waals surface area (Å²) in [5.41, 5.74) is 4.16. The smallest absolute Gasteiger partial charge is 0.258 e. The highest BCUT2D eigenvalue weighted by atomic mass is 32.2. The highest BCUT2D eigenvalue weighted by molar-refractivity contribution is 8.00. The van der Waals surface area contributed by atoms with Crippen molar-refractivity contribution < 1.29 is 14.6 Å². The van der Waals surface area contributed by atoms with Crippen molar-refractivity contribution in [1.82, 2.24) is 4.98 Å². The molecule has 2 saturated heterocycles. The Morgan fingerprint density at radius 1 is 1.17 bits per heavy atom. The van der Waals surface area contributed by atoms with Crippen LogP contribution in [0.3, 0.4) is 0 Å². The summed E-state index contributed by atoms with van der Waals surface area (Å²) in [4.78, 5) is 22.9. The second-order valence-corrected chi connectivity index (χ2v) is 11.3. The fourth-order valence-corrected chi connectivity index (χ4v) is 5.70. The number of morpholine rings is 1. The van der Waals surface area contributed by atoms with Gasteiger partial charge in [-0.1, -0.05) is 11.9 Å². The maximum absolute atomic E-state index is 13.6. The minimum Gasteiger partial charge on any atom is -0.395 e. The quantitative estimate of drug-likeness (QED) is 0.357. The summed E-state index contributed by atoms with van der Waals surface area (Å²) < 4.78 is 8.97. The molecule has 2 aromatic rings. The van der Waals surface area contributed by atoms with Crippen LogP contribution in [0.25, 0.3) is 0 Å². The third-order valence-corrected chi connectivity index (χ3v) is 8.28. The predicted molar refractivity (Wildman–Crippen MR) is 147 cm³/mol. The highest BCUT2D eigenvalue weighted by Gasteiger charge is 2.44. The van der Waals surface area contributed by atoms with Crippen molar-refractivity contribution in [2.75, 3.05) is 65.0 Å². The van der Waals surface area contributed by atoms with Crippen molar-refractivity contribution >= 4 is 40.9 Å². The fraction of sp³-hybridized carbons (Fsp3) is 0.556. The van der Waals surface area contributed by atoms with Gasteiger partial charge in [0.25, 0.3) is 5.91 Å². The molecule has 194 valence electrons. The highest BCUT2D eigenvalue weighted by Crippen LogP contribution is 2.54. The Bertz CT molecular complexity index is 1080. The molecule has 1 spiro atoms. The zero-order valence-electron chi connectivity index (χ0n) is 21.3. The first-order valence-electron chi connectivity index (χ1n) is 13.0. The summed E-state index contributed by atoms with van der Waals surface area (Å²) >= 11 is 1.46. The third-order valence-electron chi connectivity index (χ3n) is 7.51. The standard InChI is InChI=1S/C27H37N5O3S/c1-19-15-24(28-25(16-19)32-11-13-35-20(2)18-32)29-26(34)22-4-3-21(30-36-14-12-33)17-23(22)31-9-7-27(5-6-27)8-10-31/h3-4,15-17,20,30,33H,5-14,18H2,1-2H3,(H,28,29,34)/t20-/m0/s1. The molecule has 1 amide bonds. The Kier molecular flexibility index (Phi) is 7.60. The summed E-state index contributed by atoms with van der Waals surface area (Å²) in [6, 6.07) is 9.87. The topological polar surface area (TPSA) is 90.0 Å². The molecule has 1 aromatic heterocycles. The van der Waals surface area contributed by atoms with Crippen molar-refractivity contribution in [3.8, 4) is 0 Å². The maximum Gasteiger partial charge on any atom is 0.258 e. The number of carbonyl (C=O) groups is 1. The van der Waals surface area contributed by atoms with Crippen LogP contribution in [0.15, 0.2) is 30.3 Å². The van der Waals surface area contributed by atoms with Gasteiger partial charge in [0, 0.05) is 37.6 Å². The lowest BCUT2D eigenvalue weighted by Gasteiger charge is -2.35. The molecule has 8 nitrogen and oxygen atoms in total. The lowest BCUT2D eigenvalue weighted by atomic mass is 9.93. The van der Waals surface area contributed by atoms with Crippen LogP contribution in [0.5, 0.6) is 0 Å². The Labute approximate surface area is 217 Å². The number of hydrogen-bond donors (Lipinski definition) is 3. The van der Waals surface area contributed by atoms with Crippen molar-refractivity contribution in [2.45, 2.75) is 45.6 Å². The van der Waals surface area contributed by atoms with Crippen molar-refractivity contribution in [3.63, 3.8) is 0 Å². The van der Waals surface area contributed by atoms with Gasteiger partial charge in [-0.2, -0.15) is 0 Å². The largest absolute Gasteiger partial charge is 0.395 e. The van der Waals surface area contributed by atoms with Crippen LogP contribution in [-0.2, 0) is 4.74 Å². The first kappa shape index (κ1) is 25.2. The zero-order chi connectivity index (χ0) is 25.1. The van der Waals surface area contributed by atoms with E-state index in [1.807, 2.05) is 25.1 Å². The predicted octanol–water partition coefficient (Wildman–Crippen LogP) is 4.30. The third kappa shape index (κ3) is 5.90. The summed E-state index contributed by atoms with van der Waals surface area (Å²) in [6.07, 6.45) is 5.22. The lowest BCUT2D eigenvalue weighted by Crippen LogP contribution is -2.41. The summed E-state index contributed by atoms with van der Waals surface area (Å²) in [5, 5.41) is 12.2. The number of aryl methyl sites for hydroxylation is 1. The number of amides is 1. The molecular formula is C27H37N5O3S. The summed E-state index contributed by atoms with van der Waals surface area (Å²) in [7, 11) is 0. The van der Waals surface area contributed by atoms with E-state index in [4.69, 9.17) is 14.8 Å². The number of nitrogens with zero attached hydrogens (tertiary/aromatic N) is 3. The first-order valence-corrected chi connectivity index (χ1v) is 14.0. The number of anilines is 4. The van der Waals surface area contributed by atoms with Crippen LogP contribution in [0.4, 0.5) is 23.0 Å². The average Bonchev–Trinajstić information content (AvgIpc) is 3.63. The number of aromatic nitrogens is 1. The van der Waals surface area contributed by atoms with Crippen LogP contribution in [0.1, 0.15) is 48.5 Å². The fourth-order valence-electron chi connectivity index (χ4n) is 5.21. The number of carbonyl (C=O) groups excluding carboxylic acids is 1. The van der Waals surface area contributed by atoms with E-state index in [-0.39, 0.29) is 18.6 Å². The SMILES string of the molecule is Cc1cc(NC(=O)c2ccc(NSCCO)cc2N2CCC3(CC2)CC3)nc(N2CCO[C@@H](C)C2)c1. The van der Waals surface area contributed by atoms with Gasteiger partial charge in [0.05, 0.1) is 30.6 Å². The minimum absolute atomic E-state index is 0.119. The Morgan fingerprint density at radius 3 is 2.69 bits per heavy atom. The number of pyridine rings is 1. The van der Waals surface area contributed by atoms with Gasteiger partial charge in [-0.3, -0.25) is 4.79 Å². The first-order chi connectivity index (χ1) is 17.4. The number of aliphatic hydroxyl groups is 1. The number of hydrogen-bond acceptors (Lipinski definition) is 8. The van der Waals surface area contributed by atoms with Crippen LogP contribution in [-0.4, -0.2) is 67.2 Å². The molecule has 3 fully saturated rings. The van der Waals surface area contributed by atoms with Crippen LogP contribution < -0.4 is 19.8 Å². The van der Waals surface area contributed by atoms with E-state index in [0.29, 0.717) is 29.2 Å². The van der Waals surface area contributed by atoms with Crippen molar-refractivity contribution in [1.29, 1.82) is 0 Å². The van der Waals surface area contributed by atoms with E-state index in [1.165, 1.54) is 37.6 Å². The second kappa shape index (κ2) is 10.9. The minimum atomic E-state index is -0.148. The van der Waals surface area contributed by atoms with Gasteiger partial charge < -0.3 is 29.7 Å². The van der Waals surface area contributed by atoms with E-state index < -0.39 is 0 Å². The molecule has 1 atom stereocenters. The molecule has 2 aliphatic heterocycles. The summed E-state index contributed by atoms with van der Waals surface area (Å²) in [6.45, 7) is 8.40. The van der Waals surface area contributed by atoms with E-state index >= 15 is 0 Å². The molecule has 0 bridgehead atoms. The van der Waals surface area contributed by atoms with Crippen LogP contribution in [0, 0.1) is 12.3 Å². The number of benzene rings is 1. The molecule has 0 radical (unpaired) electrons. The zero-order valence-corrected chi connectivity index (χ0v) is 22.1. The van der Waals surface area contributed by atoms with Gasteiger partial charge in [-0.25, -0.2) is 4.98 Å². The van der Waals surface area contributed by atoms with Gasteiger partial charge in [0.1, 0.15) is 11.6 Å². The monoisotopic (exact) mass is 511 g/mol. The number of aliphatic hydroxyl groups excluding tert-OH is 1. The van der Waals surface area contributed by atoms with Gasteiger partial charge in [0.15, 0.2) is 0 Å². The Balaban J connectivity index is 1.36. The van der Waals surface area contributed by atoms with Gasteiger partial charge >= 0.3 is 0 Å². The molecular weight excluding hydrogens is 474 g/mol. The van der Waals surface area contributed by atoms with Gasteiger partial charge in [-0.15, -0.1) is 0 Å². The molecule has 9 heteroatoms. The molecule has 1 saturated carbocycles. The van der Waals surface area contributed by atoms with E-state index in [9.17, 15) is 4.79 Å². The van der Waals surface area contributed by atoms with Crippen molar-refractivity contribution in [2.24, 2.45) is 5.41 Å². The molecule has 3 aliphatic rings. The normalized spacial score (nSPS) is 20.9. The van der Waals surface area contributed by atoms with E-state index in [2.05, 4.69) is 38.9 Å². The Hall–Kier alpha value is -2.49. The van der Waals surface area contributed by atoms with Gasteiger partial charge in [0.2, 0.25) is 0 Å². The number of piperidine rings is 1. The number of rotatable bonds is 8. The molecule has 5 rings (SSSR count). The molecule has 0 unspecified atom stereocenters. The lowest BCUT2D eigenvalue weighted by molar-refractivity contribution is 0.0529. The van der Waals surface area contributed by atoms with Crippen molar-refractivity contribution in [3.05, 3.63) is 41.5 Å². The number of ether oxygens (including phenoxy) is 1. The average molecular weight is 512 g/mol. The molecule has 3 heterocycles. The van der Waals surface area contributed by atoms with Crippen LogP contribution in [0.2, 0.25) is 0 Å². The van der Waals surface area contributed by atoms with E-state index in [0.717, 1.165) is 48.9 Å². The van der Waals surface area contributed by atoms with Crippen LogP contribution >= 0.6 is 11.9 Å². The molecule has 1 aromatic carbocycles. The summed E-state index contributed by atoms with van der Waals surface area (Å²) in [5.74, 6) is 1.89.